The topological polar surface area (TPSA) is 50.5 Å². The molecule has 184 valence electrons. The number of aromatic nitrogens is 3. The van der Waals surface area contributed by atoms with Gasteiger partial charge in [-0.3, -0.25) is 4.79 Å². The molecule has 0 amide bonds. The van der Waals surface area contributed by atoms with Gasteiger partial charge in [0, 0.05) is 29.3 Å². The molecule has 1 aromatic carbocycles. The highest BCUT2D eigenvalue weighted by Crippen LogP contribution is 2.64. The van der Waals surface area contributed by atoms with E-state index in [1.807, 2.05) is 24.3 Å². The fourth-order valence-electron chi connectivity index (χ4n) is 5.24. The number of anilines is 1. The highest BCUT2D eigenvalue weighted by molar-refractivity contribution is 7.81. The molecule has 35 heavy (non-hydrogen) atoms. The average molecular weight is 548 g/mol. The number of fused-ring (bicyclic) bond motifs is 2. The van der Waals surface area contributed by atoms with Crippen molar-refractivity contribution in [3.63, 3.8) is 0 Å². The second kappa shape index (κ2) is 9.58. The van der Waals surface area contributed by atoms with E-state index in [2.05, 4.69) is 36.8 Å². The van der Waals surface area contributed by atoms with Crippen molar-refractivity contribution in [3.05, 3.63) is 61.1 Å². The zero-order valence-electron chi connectivity index (χ0n) is 20.1. The highest BCUT2D eigenvalue weighted by atomic mass is 35.5. The van der Waals surface area contributed by atoms with E-state index in [4.69, 9.17) is 40.4 Å². The van der Waals surface area contributed by atoms with Crippen LogP contribution in [0.4, 0.5) is 5.69 Å². The van der Waals surface area contributed by atoms with Gasteiger partial charge in [0.15, 0.2) is 5.82 Å². The van der Waals surface area contributed by atoms with Gasteiger partial charge in [0.2, 0.25) is 4.96 Å². The van der Waals surface area contributed by atoms with Crippen molar-refractivity contribution in [3.8, 4) is 0 Å². The van der Waals surface area contributed by atoms with Crippen molar-refractivity contribution in [1.82, 2.24) is 14.6 Å². The van der Waals surface area contributed by atoms with Crippen LogP contribution in [0, 0.1) is 11.3 Å². The van der Waals surface area contributed by atoms with E-state index < -0.39 is 0 Å². The van der Waals surface area contributed by atoms with Gasteiger partial charge in [-0.2, -0.15) is 4.52 Å². The Morgan fingerprint density at radius 3 is 2.66 bits per heavy atom. The van der Waals surface area contributed by atoms with Crippen LogP contribution in [0.25, 0.3) is 10.5 Å². The number of benzene rings is 1. The Morgan fingerprint density at radius 2 is 1.94 bits per heavy atom. The van der Waals surface area contributed by atoms with Crippen LogP contribution >= 0.6 is 46.8 Å². The van der Waals surface area contributed by atoms with Crippen molar-refractivity contribution in [1.29, 1.82) is 0 Å². The Hall–Kier alpha value is -1.80. The zero-order valence-corrected chi connectivity index (χ0v) is 23.2. The smallest absolute Gasteiger partial charge is 0.291 e. The number of unbranched alkanes of at least 4 members (excludes halogenated alkanes) is 4. The van der Waals surface area contributed by atoms with Crippen LogP contribution in [0.2, 0.25) is 0 Å². The van der Waals surface area contributed by atoms with Gasteiger partial charge in [-0.1, -0.05) is 111 Å². The summed E-state index contributed by atoms with van der Waals surface area (Å²) in [7, 11) is 0. The van der Waals surface area contributed by atoms with Crippen molar-refractivity contribution in [2.45, 2.75) is 58.8 Å². The van der Waals surface area contributed by atoms with E-state index in [1.165, 1.54) is 41.5 Å². The Balaban J connectivity index is 1.51. The third kappa shape index (κ3) is 4.35. The Labute approximate surface area is 224 Å². The largest absolute Gasteiger partial charge is 0.332 e. The molecular formula is C26H28Cl2N4OS2. The number of thiocarbonyl (C=S) groups is 1. The number of rotatable bonds is 8. The molecule has 1 fully saturated rings. The number of hydrogen-bond donors (Lipinski definition) is 0. The van der Waals surface area contributed by atoms with Gasteiger partial charge >= 0.3 is 0 Å². The summed E-state index contributed by atoms with van der Waals surface area (Å²) in [5.41, 5.74) is 2.69. The molecule has 1 aliphatic heterocycles. The zero-order chi connectivity index (χ0) is 24.9. The maximum Gasteiger partial charge on any atom is 0.291 e. The molecule has 0 saturated heterocycles. The molecule has 5 nitrogen and oxygen atoms in total. The normalized spacial score (nSPS) is 22.1. The van der Waals surface area contributed by atoms with Crippen molar-refractivity contribution < 1.29 is 0 Å². The molecule has 1 saturated carbocycles. The van der Waals surface area contributed by atoms with Gasteiger partial charge in [-0.05, 0) is 29.9 Å². The van der Waals surface area contributed by atoms with Crippen LogP contribution < -0.4 is 15.0 Å². The van der Waals surface area contributed by atoms with Gasteiger partial charge in [0.1, 0.15) is 14.0 Å². The second-order valence-electron chi connectivity index (χ2n) is 9.95. The van der Waals surface area contributed by atoms with Gasteiger partial charge in [0.25, 0.3) is 5.56 Å². The number of hydrogen-bond acceptors (Lipinski definition) is 5. The monoisotopic (exact) mass is 546 g/mol. The fourth-order valence-corrected chi connectivity index (χ4v) is 7.00. The first-order valence-electron chi connectivity index (χ1n) is 12.1. The maximum absolute atomic E-state index is 13.5. The highest BCUT2D eigenvalue weighted by Gasteiger charge is 2.59. The van der Waals surface area contributed by atoms with Crippen LogP contribution in [0.5, 0.6) is 0 Å². The lowest BCUT2D eigenvalue weighted by Gasteiger charge is -2.19. The minimum atomic E-state index is -0.165. The lowest BCUT2D eigenvalue weighted by atomic mass is 10.1. The first-order valence-corrected chi connectivity index (χ1v) is 14.1. The summed E-state index contributed by atoms with van der Waals surface area (Å²) in [6.07, 6.45) is 7.81. The lowest BCUT2D eigenvalue weighted by Crippen LogP contribution is -2.32. The summed E-state index contributed by atoms with van der Waals surface area (Å²) in [5.74, 6) is 0.886. The predicted octanol–water partition coefficient (Wildman–Crippen LogP) is 6.25. The minimum Gasteiger partial charge on any atom is -0.332 e. The molecule has 1 aliphatic carbocycles. The van der Waals surface area contributed by atoms with Crippen molar-refractivity contribution >= 4 is 68.0 Å². The molecule has 0 spiro atoms. The van der Waals surface area contributed by atoms with Crippen molar-refractivity contribution in [2.24, 2.45) is 11.3 Å². The first kappa shape index (κ1) is 24.9. The number of halogens is 2. The molecular weight excluding hydrogens is 519 g/mol. The van der Waals surface area contributed by atoms with E-state index >= 15 is 0 Å². The Kier molecular flexibility index (Phi) is 6.81. The molecule has 2 atom stereocenters. The van der Waals surface area contributed by atoms with Crippen LogP contribution in [0.1, 0.15) is 70.2 Å². The SMILES string of the molecule is CCCCCCCN1C(=S)C(=c2sc3nc(C4C(C=C(Cl)Cl)C4(C)C)nn3c2=O)c2ccccc21. The second-order valence-corrected chi connectivity index (χ2v) is 12.3. The molecule has 3 aromatic rings. The minimum absolute atomic E-state index is 0.0592. The molecule has 2 aliphatic rings. The quantitative estimate of drug-likeness (QED) is 0.247. The predicted molar refractivity (Wildman–Crippen MR) is 150 cm³/mol. The van der Waals surface area contributed by atoms with Crippen LogP contribution in [0.15, 0.2) is 39.6 Å². The molecule has 3 heterocycles. The maximum atomic E-state index is 13.5. The van der Waals surface area contributed by atoms with Gasteiger partial charge in [-0.15, -0.1) is 5.10 Å². The molecule has 5 rings (SSSR count). The Morgan fingerprint density at radius 1 is 1.20 bits per heavy atom. The summed E-state index contributed by atoms with van der Waals surface area (Å²) in [6, 6.07) is 8.16. The molecule has 2 aromatic heterocycles. The van der Waals surface area contributed by atoms with E-state index in [0.29, 0.717) is 20.3 Å². The average Bonchev–Trinajstić information content (AvgIpc) is 3.13. The third-order valence-corrected chi connectivity index (χ3v) is 9.01. The van der Waals surface area contributed by atoms with Crippen LogP contribution in [-0.4, -0.2) is 26.1 Å². The number of para-hydroxylation sites is 1. The van der Waals surface area contributed by atoms with E-state index in [-0.39, 0.29) is 27.3 Å². The summed E-state index contributed by atoms with van der Waals surface area (Å²) < 4.78 is 2.28. The molecule has 2 unspecified atom stereocenters. The number of allylic oxidation sites excluding steroid dienone is 1. The lowest BCUT2D eigenvalue weighted by molar-refractivity contribution is 0.585. The fraction of sp³-hybridized carbons (Fsp3) is 0.462. The van der Waals surface area contributed by atoms with Crippen LogP contribution in [-0.2, 0) is 0 Å². The number of nitrogens with zero attached hydrogens (tertiary/aromatic N) is 4. The molecule has 0 bridgehead atoms. The Bertz CT molecular complexity index is 1440. The summed E-state index contributed by atoms with van der Waals surface area (Å²) in [6.45, 7) is 7.35. The van der Waals surface area contributed by atoms with Gasteiger partial charge in [-0.25, -0.2) is 4.98 Å². The van der Waals surface area contributed by atoms with Gasteiger partial charge < -0.3 is 4.90 Å². The first-order chi connectivity index (χ1) is 16.8. The van der Waals surface area contributed by atoms with Gasteiger partial charge in [0.05, 0.1) is 0 Å². The number of thiazole rings is 1. The van der Waals surface area contributed by atoms with E-state index in [9.17, 15) is 4.79 Å². The summed E-state index contributed by atoms with van der Waals surface area (Å²) in [5, 5.41) is 4.62. The summed E-state index contributed by atoms with van der Waals surface area (Å²) >= 11 is 19.1. The van der Waals surface area contributed by atoms with E-state index in [1.54, 1.807) is 0 Å². The standard InChI is InChI=1S/C26H28Cl2N4OS2/c1-4-5-6-7-10-13-31-17-12-9-8-11-15(17)19(24(31)34)21-23(33)32-25(35-21)29-22(30-32)20-16(14-18(27)28)26(20,2)3/h8-9,11-12,14,16,20H,4-7,10,13H2,1-3H3. The third-order valence-electron chi connectivity index (χ3n) is 7.30. The summed E-state index contributed by atoms with van der Waals surface area (Å²) in [4.78, 5) is 21.7. The molecule has 0 N–H and O–H groups in total. The van der Waals surface area contributed by atoms with Crippen LogP contribution in [0.3, 0.4) is 0 Å². The molecule has 0 radical (unpaired) electrons. The van der Waals surface area contributed by atoms with Crippen molar-refractivity contribution in [2.75, 3.05) is 11.4 Å². The van der Waals surface area contributed by atoms with E-state index in [0.717, 1.165) is 29.8 Å². The molecule has 9 heteroatoms.